The Morgan fingerprint density at radius 1 is 0.955 bits per heavy atom. The minimum absolute atomic E-state index is 0.268. The molecule has 0 unspecified atom stereocenters. The molecule has 3 aromatic carbocycles. The molecule has 106 valence electrons. The van der Waals surface area contributed by atoms with Crippen molar-refractivity contribution < 1.29 is 4.79 Å². The number of anilines is 1. The summed E-state index contributed by atoms with van der Waals surface area (Å²) in [6.45, 7) is 0. The van der Waals surface area contributed by atoms with Crippen molar-refractivity contribution in [2.75, 3.05) is 5.32 Å². The monoisotopic (exact) mass is 306 g/mol. The largest absolute Gasteiger partial charge is 0.321 e. The molecular formula is C18H11ClN2O. The third kappa shape index (κ3) is 2.52. The molecule has 0 fully saturated rings. The predicted molar refractivity (Wildman–Crippen MR) is 88.1 cm³/mol. The Hall–Kier alpha value is -2.83. The fourth-order valence-electron chi connectivity index (χ4n) is 2.35. The van der Waals surface area contributed by atoms with E-state index in [4.69, 9.17) is 16.9 Å². The van der Waals surface area contributed by atoms with Crippen LogP contribution >= 0.6 is 11.6 Å². The first kappa shape index (κ1) is 14.1. The van der Waals surface area contributed by atoms with Crippen molar-refractivity contribution in [3.63, 3.8) is 0 Å². The number of hydrogen-bond acceptors (Lipinski definition) is 2. The van der Waals surface area contributed by atoms with Gasteiger partial charge in [-0.2, -0.15) is 5.26 Å². The van der Waals surface area contributed by atoms with Crippen LogP contribution in [0.1, 0.15) is 15.9 Å². The van der Waals surface area contributed by atoms with E-state index in [1.165, 1.54) is 0 Å². The van der Waals surface area contributed by atoms with Crippen molar-refractivity contribution in [2.45, 2.75) is 0 Å². The molecule has 3 aromatic rings. The first-order chi connectivity index (χ1) is 10.7. The Morgan fingerprint density at radius 3 is 2.50 bits per heavy atom. The highest BCUT2D eigenvalue weighted by Gasteiger charge is 2.12. The normalized spacial score (nSPS) is 10.2. The van der Waals surface area contributed by atoms with Gasteiger partial charge >= 0.3 is 0 Å². The molecule has 1 N–H and O–H groups in total. The summed E-state index contributed by atoms with van der Waals surface area (Å²) in [7, 11) is 0. The average Bonchev–Trinajstić information content (AvgIpc) is 2.55. The maximum Gasteiger partial charge on any atom is 0.256 e. The third-order valence-corrected chi connectivity index (χ3v) is 3.74. The lowest BCUT2D eigenvalue weighted by molar-refractivity contribution is 0.102. The predicted octanol–water partition coefficient (Wildman–Crippen LogP) is 4.62. The Labute approximate surface area is 132 Å². The molecule has 0 aliphatic carbocycles. The van der Waals surface area contributed by atoms with Crippen LogP contribution in [0.2, 0.25) is 5.02 Å². The lowest BCUT2D eigenvalue weighted by Crippen LogP contribution is -2.13. The lowest BCUT2D eigenvalue weighted by Gasteiger charge is -2.09. The maximum absolute atomic E-state index is 12.5. The summed E-state index contributed by atoms with van der Waals surface area (Å²) in [5, 5.41) is 14.1. The topological polar surface area (TPSA) is 52.9 Å². The van der Waals surface area contributed by atoms with E-state index in [1.54, 1.807) is 42.5 Å². The van der Waals surface area contributed by atoms with Crippen molar-refractivity contribution in [3.05, 3.63) is 76.8 Å². The molecule has 22 heavy (non-hydrogen) atoms. The standard InChI is InChI=1S/C18H11ClN2O/c19-16-9-4-6-13-14(16)7-3-8-15(13)18(22)21-17-10-2-1-5-12(17)11-20/h1-10H,(H,21,22). The van der Waals surface area contributed by atoms with Gasteiger partial charge in [0.05, 0.1) is 11.3 Å². The van der Waals surface area contributed by atoms with Crippen LogP contribution < -0.4 is 5.32 Å². The van der Waals surface area contributed by atoms with E-state index in [2.05, 4.69) is 11.4 Å². The summed E-state index contributed by atoms with van der Waals surface area (Å²) in [5.41, 5.74) is 1.44. The van der Waals surface area contributed by atoms with Crippen molar-refractivity contribution in [1.82, 2.24) is 0 Å². The van der Waals surface area contributed by atoms with E-state index < -0.39 is 0 Å². The molecule has 0 radical (unpaired) electrons. The van der Waals surface area contributed by atoms with Crippen molar-refractivity contribution in [1.29, 1.82) is 5.26 Å². The summed E-state index contributed by atoms with van der Waals surface area (Å²) < 4.78 is 0. The SMILES string of the molecule is N#Cc1ccccc1NC(=O)c1cccc2c(Cl)cccc12. The van der Waals surface area contributed by atoms with E-state index in [9.17, 15) is 4.79 Å². The number of nitriles is 1. The molecule has 4 heteroatoms. The zero-order chi connectivity index (χ0) is 15.5. The number of hydrogen-bond donors (Lipinski definition) is 1. The molecule has 0 aliphatic heterocycles. The number of para-hydroxylation sites is 1. The summed E-state index contributed by atoms with van der Waals surface area (Å²) >= 11 is 6.17. The number of nitrogens with one attached hydrogen (secondary N) is 1. The molecule has 1 amide bonds. The van der Waals surface area contributed by atoms with Crippen LogP contribution in [0.4, 0.5) is 5.69 Å². The molecule has 0 saturated heterocycles. The molecule has 0 spiro atoms. The second kappa shape index (κ2) is 5.88. The van der Waals surface area contributed by atoms with E-state index in [0.29, 0.717) is 21.8 Å². The third-order valence-electron chi connectivity index (χ3n) is 3.41. The van der Waals surface area contributed by atoms with Gasteiger partial charge in [-0.1, -0.05) is 48.0 Å². The van der Waals surface area contributed by atoms with Crippen molar-refractivity contribution in [2.24, 2.45) is 0 Å². The molecule has 0 saturated carbocycles. The van der Waals surface area contributed by atoms with E-state index >= 15 is 0 Å². The van der Waals surface area contributed by atoms with Gasteiger partial charge in [0.2, 0.25) is 0 Å². The highest BCUT2D eigenvalue weighted by atomic mass is 35.5. The molecule has 0 aliphatic rings. The molecular weight excluding hydrogens is 296 g/mol. The van der Waals surface area contributed by atoms with Gasteiger partial charge in [-0.15, -0.1) is 0 Å². The molecule has 0 atom stereocenters. The number of benzene rings is 3. The van der Waals surface area contributed by atoms with Gasteiger partial charge in [0.15, 0.2) is 0 Å². The molecule has 0 bridgehead atoms. The molecule has 0 heterocycles. The summed E-state index contributed by atoms with van der Waals surface area (Å²) in [6, 6.07) is 19.8. The van der Waals surface area contributed by atoms with Crippen LogP contribution in [-0.4, -0.2) is 5.91 Å². The minimum atomic E-state index is -0.268. The second-order valence-electron chi connectivity index (χ2n) is 4.75. The number of carbonyl (C=O) groups is 1. The second-order valence-corrected chi connectivity index (χ2v) is 5.16. The van der Waals surface area contributed by atoms with Crippen LogP contribution in [0.5, 0.6) is 0 Å². The smallest absolute Gasteiger partial charge is 0.256 e. The van der Waals surface area contributed by atoms with Gasteiger partial charge in [0.1, 0.15) is 6.07 Å². The first-order valence-electron chi connectivity index (χ1n) is 6.68. The maximum atomic E-state index is 12.5. The van der Waals surface area contributed by atoms with Crippen LogP contribution in [0.3, 0.4) is 0 Å². The van der Waals surface area contributed by atoms with E-state index in [0.717, 1.165) is 10.8 Å². The number of halogens is 1. The Morgan fingerprint density at radius 2 is 1.68 bits per heavy atom. The molecule has 3 nitrogen and oxygen atoms in total. The number of carbonyl (C=O) groups excluding carboxylic acids is 1. The fraction of sp³-hybridized carbons (Fsp3) is 0. The van der Waals surface area contributed by atoms with Crippen LogP contribution in [0.15, 0.2) is 60.7 Å². The van der Waals surface area contributed by atoms with Crippen molar-refractivity contribution >= 4 is 34.0 Å². The molecule has 3 rings (SSSR count). The van der Waals surface area contributed by atoms with Gasteiger partial charge in [-0.3, -0.25) is 4.79 Å². The first-order valence-corrected chi connectivity index (χ1v) is 7.06. The highest BCUT2D eigenvalue weighted by Crippen LogP contribution is 2.26. The van der Waals surface area contributed by atoms with Gasteiger partial charge in [-0.05, 0) is 29.7 Å². The zero-order valence-corrected chi connectivity index (χ0v) is 12.3. The van der Waals surface area contributed by atoms with E-state index in [1.807, 2.05) is 18.2 Å². The van der Waals surface area contributed by atoms with Crippen LogP contribution in [-0.2, 0) is 0 Å². The van der Waals surface area contributed by atoms with Crippen LogP contribution in [0.25, 0.3) is 10.8 Å². The number of fused-ring (bicyclic) bond motifs is 1. The number of amides is 1. The Bertz CT molecular complexity index is 912. The molecule has 0 aromatic heterocycles. The highest BCUT2D eigenvalue weighted by molar-refractivity contribution is 6.36. The van der Waals surface area contributed by atoms with Crippen LogP contribution in [0, 0.1) is 11.3 Å². The van der Waals surface area contributed by atoms with Crippen molar-refractivity contribution in [3.8, 4) is 6.07 Å². The zero-order valence-electron chi connectivity index (χ0n) is 11.5. The number of nitrogens with zero attached hydrogens (tertiary/aromatic N) is 1. The Balaban J connectivity index is 2.03. The summed E-state index contributed by atoms with van der Waals surface area (Å²) in [6.07, 6.45) is 0. The summed E-state index contributed by atoms with van der Waals surface area (Å²) in [4.78, 5) is 12.5. The van der Waals surface area contributed by atoms with Gasteiger partial charge in [0, 0.05) is 16.0 Å². The quantitative estimate of drug-likeness (QED) is 0.751. The van der Waals surface area contributed by atoms with E-state index in [-0.39, 0.29) is 5.91 Å². The summed E-state index contributed by atoms with van der Waals surface area (Å²) in [5.74, 6) is -0.268. The van der Waals surface area contributed by atoms with Gasteiger partial charge in [-0.25, -0.2) is 0 Å². The Kier molecular flexibility index (Phi) is 3.78. The van der Waals surface area contributed by atoms with Gasteiger partial charge in [0.25, 0.3) is 5.91 Å². The fourth-order valence-corrected chi connectivity index (χ4v) is 2.59. The number of rotatable bonds is 2. The average molecular weight is 307 g/mol. The minimum Gasteiger partial charge on any atom is -0.321 e. The van der Waals surface area contributed by atoms with Gasteiger partial charge < -0.3 is 5.32 Å². The lowest BCUT2D eigenvalue weighted by atomic mass is 10.0.